The average molecular weight is 238 g/mol. The van der Waals surface area contributed by atoms with Crippen LogP contribution in [-0.2, 0) is 20.8 Å². The number of hydrogen-bond acceptors (Lipinski definition) is 4. The Kier molecular flexibility index (Phi) is 4.50. The number of ether oxygens (including phenoxy) is 3. The average Bonchev–Trinajstić information content (AvgIpc) is 2.72. The molecule has 0 saturated carbocycles. The van der Waals surface area contributed by atoms with Crippen LogP contribution < -0.4 is 0 Å². The number of hydrogen-bond donors (Lipinski definition) is 1. The molecular formula is C13H18O4. The van der Waals surface area contributed by atoms with Gasteiger partial charge in [-0.1, -0.05) is 30.3 Å². The van der Waals surface area contributed by atoms with Gasteiger partial charge in [-0.05, 0) is 5.56 Å². The minimum Gasteiger partial charge on any atom is -0.390 e. The van der Waals surface area contributed by atoms with Gasteiger partial charge in [-0.3, -0.25) is 0 Å². The topological polar surface area (TPSA) is 47.9 Å². The van der Waals surface area contributed by atoms with E-state index >= 15 is 0 Å². The molecule has 3 atom stereocenters. The molecule has 1 aromatic rings. The van der Waals surface area contributed by atoms with Gasteiger partial charge in [0.15, 0.2) is 6.29 Å². The molecule has 17 heavy (non-hydrogen) atoms. The molecule has 1 aliphatic heterocycles. The van der Waals surface area contributed by atoms with Crippen LogP contribution in [0.4, 0.5) is 0 Å². The molecule has 1 fully saturated rings. The Morgan fingerprint density at radius 3 is 2.76 bits per heavy atom. The molecule has 0 radical (unpaired) electrons. The molecule has 1 aromatic carbocycles. The first-order valence-electron chi connectivity index (χ1n) is 5.77. The number of aliphatic hydroxyl groups excluding tert-OH is 1. The van der Waals surface area contributed by atoms with E-state index in [1.165, 1.54) is 0 Å². The number of benzene rings is 1. The van der Waals surface area contributed by atoms with E-state index in [4.69, 9.17) is 14.2 Å². The molecule has 1 N–H and O–H groups in total. The van der Waals surface area contributed by atoms with Gasteiger partial charge in [0.05, 0.1) is 19.3 Å². The highest BCUT2D eigenvalue weighted by Crippen LogP contribution is 2.21. The van der Waals surface area contributed by atoms with Crippen molar-refractivity contribution in [3.8, 4) is 0 Å². The Hall–Kier alpha value is -0.940. The molecule has 4 nitrogen and oxygen atoms in total. The molecule has 0 amide bonds. The fourth-order valence-corrected chi connectivity index (χ4v) is 1.86. The molecule has 0 aromatic heterocycles. The lowest BCUT2D eigenvalue weighted by atomic mass is 10.2. The summed E-state index contributed by atoms with van der Waals surface area (Å²) in [5.41, 5.74) is 1.11. The lowest BCUT2D eigenvalue weighted by Gasteiger charge is -2.14. The van der Waals surface area contributed by atoms with E-state index in [0.29, 0.717) is 19.6 Å². The maximum Gasteiger partial charge on any atom is 0.160 e. The first-order chi connectivity index (χ1) is 8.29. The van der Waals surface area contributed by atoms with Gasteiger partial charge in [0.2, 0.25) is 0 Å². The quantitative estimate of drug-likeness (QED) is 0.840. The monoisotopic (exact) mass is 238 g/mol. The third-order valence-corrected chi connectivity index (χ3v) is 2.85. The van der Waals surface area contributed by atoms with Crippen LogP contribution in [0.1, 0.15) is 12.0 Å². The highest BCUT2D eigenvalue weighted by atomic mass is 16.7. The van der Waals surface area contributed by atoms with E-state index in [1.54, 1.807) is 7.11 Å². The van der Waals surface area contributed by atoms with E-state index < -0.39 is 6.10 Å². The lowest BCUT2D eigenvalue weighted by Crippen LogP contribution is -2.26. The fourth-order valence-electron chi connectivity index (χ4n) is 1.86. The van der Waals surface area contributed by atoms with E-state index in [1.807, 2.05) is 30.3 Å². The standard InChI is InChI=1S/C13H18O4/c1-15-13-7-11(14)12(17-13)9-16-8-10-5-3-2-4-6-10/h2-6,11-14H,7-9H2,1H3/t11-,12-,13?/m1/s1. The van der Waals surface area contributed by atoms with Crippen molar-refractivity contribution >= 4 is 0 Å². The SMILES string of the molecule is COC1C[C@@H](O)[C@@H](COCc2ccccc2)O1. The second-order valence-electron chi connectivity index (χ2n) is 4.14. The molecule has 0 aliphatic carbocycles. The largest absolute Gasteiger partial charge is 0.390 e. The van der Waals surface area contributed by atoms with Crippen molar-refractivity contribution in [1.29, 1.82) is 0 Å². The first kappa shape index (κ1) is 12.5. The Morgan fingerprint density at radius 2 is 2.12 bits per heavy atom. The predicted molar refractivity (Wildman–Crippen MR) is 62.4 cm³/mol. The maximum atomic E-state index is 9.70. The molecule has 1 saturated heterocycles. The van der Waals surface area contributed by atoms with Crippen LogP contribution in [0.15, 0.2) is 30.3 Å². The van der Waals surface area contributed by atoms with Crippen LogP contribution in [0.5, 0.6) is 0 Å². The normalized spacial score (nSPS) is 28.5. The van der Waals surface area contributed by atoms with Crippen LogP contribution in [0.25, 0.3) is 0 Å². The molecule has 0 spiro atoms. The Balaban J connectivity index is 1.72. The van der Waals surface area contributed by atoms with Crippen molar-refractivity contribution in [3.63, 3.8) is 0 Å². The van der Waals surface area contributed by atoms with Crippen LogP contribution in [-0.4, -0.2) is 37.3 Å². The summed E-state index contributed by atoms with van der Waals surface area (Å²) in [6.45, 7) is 0.918. The zero-order chi connectivity index (χ0) is 12.1. The van der Waals surface area contributed by atoms with Crippen LogP contribution in [0.2, 0.25) is 0 Å². The molecule has 94 valence electrons. The van der Waals surface area contributed by atoms with Gasteiger partial charge in [-0.2, -0.15) is 0 Å². The van der Waals surface area contributed by atoms with E-state index in [0.717, 1.165) is 5.56 Å². The highest BCUT2D eigenvalue weighted by Gasteiger charge is 2.33. The Labute approximate surface area is 101 Å². The van der Waals surface area contributed by atoms with E-state index in [2.05, 4.69) is 0 Å². The van der Waals surface area contributed by atoms with Crippen molar-refractivity contribution in [2.45, 2.75) is 31.5 Å². The Morgan fingerprint density at radius 1 is 1.35 bits per heavy atom. The van der Waals surface area contributed by atoms with Crippen molar-refractivity contribution in [2.75, 3.05) is 13.7 Å². The van der Waals surface area contributed by atoms with Gasteiger partial charge in [0.25, 0.3) is 0 Å². The summed E-state index contributed by atoms with van der Waals surface area (Å²) in [5, 5.41) is 9.70. The fraction of sp³-hybridized carbons (Fsp3) is 0.538. The second kappa shape index (κ2) is 6.12. The lowest BCUT2D eigenvalue weighted by molar-refractivity contribution is -0.134. The zero-order valence-corrected chi connectivity index (χ0v) is 9.91. The van der Waals surface area contributed by atoms with Crippen molar-refractivity contribution in [1.82, 2.24) is 0 Å². The number of aliphatic hydroxyl groups is 1. The summed E-state index contributed by atoms with van der Waals surface area (Å²) in [6.07, 6.45) is -0.592. The summed E-state index contributed by atoms with van der Waals surface area (Å²) in [7, 11) is 1.57. The molecule has 4 heteroatoms. The van der Waals surface area contributed by atoms with Crippen molar-refractivity contribution in [2.24, 2.45) is 0 Å². The minimum absolute atomic E-state index is 0.288. The second-order valence-corrected chi connectivity index (χ2v) is 4.14. The predicted octanol–water partition coefficient (Wildman–Crippen LogP) is 1.33. The summed E-state index contributed by atoms with van der Waals surface area (Å²) in [5.74, 6) is 0. The number of rotatable bonds is 5. The number of methoxy groups -OCH3 is 1. The third-order valence-electron chi connectivity index (χ3n) is 2.85. The van der Waals surface area contributed by atoms with Crippen molar-refractivity contribution in [3.05, 3.63) is 35.9 Å². The highest BCUT2D eigenvalue weighted by molar-refractivity contribution is 5.13. The zero-order valence-electron chi connectivity index (χ0n) is 9.91. The molecular weight excluding hydrogens is 220 g/mol. The Bertz CT molecular complexity index is 327. The molecule has 2 rings (SSSR count). The van der Waals surface area contributed by atoms with E-state index in [9.17, 15) is 5.11 Å². The molecule has 1 aliphatic rings. The molecule has 1 heterocycles. The summed E-state index contributed by atoms with van der Waals surface area (Å²) in [4.78, 5) is 0. The third kappa shape index (κ3) is 3.51. The van der Waals surface area contributed by atoms with Gasteiger partial charge in [-0.15, -0.1) is 0 Å². The van der Waals surface area contributed by atoms with Gasteiger partial charge < -0.3 is 19.3 Å². The van der Waals surface area contributed by atoms with Crippen LogP contribution in [0.3, 0.4) is 0 Å². The van der Waals surface area contributed by atoms with Gasteiger partial charge in [0, 0.05) is 13.5 Å². The first-order valence-corrected chi connectivity index (χ1v) is 5.77. The summed E-state index contributed by atoms with van der Waals surface area (Å²) < 4.78 is 16.0. The molecule has 1 unspecified atom stereocenters. The minimum atomic E-state index is -0.504. The smallest absolute Gasteiger partial charge is 0.160 e. The van der Waals surface area contributed by atoms with Gasteiger partial charge in [0.1, 0.15) is 6.10 Å². The summed E-state index contributed by atoms with van der Waals surface area (Å²) >= 11 is 0. The van der Waals surface area contributed by atoms with Crippen LogP contribution in [0, 0.1) is 0 Å². The van der Waals surface area contributed by atoms with Crippen LogP contribution >= 0.6 is 0 Å². The van der Waals surface area contributed by atoms with Crippen molar-refractivity contribution < 1.29 is 19.3 Å². The van der Waals surface area contributed by atoms with Gasteiger partial charge in [-0.25, -0.2) is 0 Å². The maximum absolute atomic E-state index is 9.70. The molecule has 0 bridgehead atoms. The van der Waals surface area contributed by atoms with E-state index in [-0.39, 0.29) is 12.4 Å². The van der Waals surface area contributed by atoms with Gasteiger partial charge >= 0.3 is 0 Å². The summed E-state index contributed by atoms with van der Waals surface area (Å²) in [6, 6.07) is 9.92.